The van der Waals surface area contributed by atoms with Crippen molar-refractivity contribution in [2.24, 2.45) is 17.5 Å². The van der Waals surface area contributed by atoms with Crippen LogP contribution in [0.4, 0.5) is 0 Å². The van der Waals surface area contributed by atoms with E-state index in [0.29, 0.717) is 13.1 Å². The SMILES string of the molecule is COc1ccc(CN=C(NCc2nnc(C)n2C)N2CCC3(CCOC3)C2)cc1.I. The maximum atomic E-state index is 5.69. The van der Waals surface area contributed by atoms with E-state index in [-0.39, 0.29) is 29.4 Å². The van der Waals surface area contributed by atoms with Crippen molar-refractivity contribution in [1.29, 1.82) is 0 Å². The van der Waals surface area contributed by atoms with Crippen molar-refractivity contribution in [2.75, 3.05) is 33.4 Å². The van der Waals surface area contributed by atoms with Gasteiger partial charge in [-0.2, -0.15) is 0 Å². The van der Waals surface area contributed by atoms with Crippen LogP contribution in [0.15, 0.2) is 29.3 Å². The van der Waals surface area contributed by atoms with Gasteiger partial charge in [-0.25, -0.2) is 4.99 Å². The number of likely N-dealkylation sites (tertiary alicyclic amines) is 1. The van der Waals surface area contributed by atoms with Gasteiger partial charge in [0, 0.05) is 32.2 Å². The molecule has 0 bridgehead atoms. The van der Waals surface area contributed by atoms with Crippen LogP contribution in [0.3, 0.4) is 0 Å². The molecule has 4 rings (SSSR count). The van der Waals surface area contributed by atoms with Crippen molar-refractivity contribution in [3.05, 3.63) is 41.5 Å². The van der Waals surface area contributed by atoms with Crippen LogP contribution in [-0.2, 0) is 24.9 Å². The average Bonchev–Trinajstić information content (AvgIpc) is 3.46. The molecular weight excluding hydrogens is 495 g/mol. The van der Waals surface area contributed by atoms with Gasteiger partial charge in [0.05, 0.1) is 26.8 Å². The third-order valence-electron chi connectivity index (χ3n) is 6.08. The summed E-state index contributed by atoms with van der Waals surface area (Å²) >= 11 is 0. The van der Waals surface area contributed by atoms with Gasteiger partial charge >= 0.3 is 0 Å². The van der Waals surface area contributed by atoms with Crippen LogP contribution in [0.25, 0.3) is 0 Å². The Labute approximate surface area is 195 Å². The van der Waals surface area contributed by atoms with Gasteiger partial charge in [-0.1, -0.05) is 12.1 Å². The molecule has 2 aliphatic heterocycles. The van der Waals surface area contributed by atoms with Gasteiger partial charge in [-0.05, 0) is 37.5 Å². The Morgan fingerprint density at radius 2 is 2.07 bits per heavy atom. The minimum absolute atomic E-state index is 0. The highest BCUT2D eigenvalue weighted by molar-refractivity contribution is 14.0. The van der Waals surface area contributed by atoms with E-state index < -0.39 is 0 Å². The first-order valence-corrected chi connectivity index (χ1v) is 10.2. The molecule has 1 atom stereocenters. The first-order chi connectivity index (χ1) is 14.1. The number of nitrogens with one attached hydrogen (secondary N) is 1. The molecule has 3 heterocycles. The Bertz CT molecular complexity index is 861. The van der Waals surface area contributed by atoms with E-state index in [1.54, 1.807) is 7.11 Å². The number of rotatable bonds is 5. The Kier molecular flexibility index (Phi) is 7.56. The molecule has 1 unspecified atom stereocenters. The van der Waals surface area contributed by atoms with Gasteiger partial charge < -0.3 is 24.3 Å². The number of ether oxygens (including phenoxy) is 2. The molecule has 0 aliphatic carbocycles. The molecule has 30 heavy (non-hydrogen) atoms. The standard InChI is InChI=1S/C21H30N6O2.HI/c1-16-24-25-19(26(16)2)13-23-20(22-12-17-4-6-18(28-3)7-5-17)27-10-8-21(14-27)9-11-29-15-21;/h4-7H,8-15H2,1-3H3,(H,22,23);1H. The van der Waals surface area contributed by atoms with E-state index in [1.165, 1.54) is 0 Å². The molecular formula is C21H31IN6O2. The van der Waals surface area contributed by atoms with Crippen molar-refractivity contribution in [1.82, 2.24) is 25.0 Å². The molecule has 9 heteroatoms. The van der Waals surface area contributed by atoms with Gasteiger partial charge in [0.15, 0.2) is 11.8 Å². The van der Waals surface area contributed by atoms with E-state index >= 15 is 0 Å². The van der Waals surface area contributed by atoms with Crippen molar-refractivity contribution in [3.8, 4) is 5.75 Å². The van der Waals surface area contributed by atoms with Crippen molar-refractivity contribution < 1.29 is 9.47 Å². The minimum atomic E-state index is 0. The monoisotopic (exact) mass is 526 g/mol. The van der Waals surface area contributed by atoms with Crippen molar-refractivity contribution >= 4 is 29.9 Å². The number of nitrogens with zero attached hydrogens (tertiary/aromatic N) is 5. The Morgan fingerprint density at radius 1 is 1.27 bits per heavy atom. The second-order valence-electron chi connectivity index (χ2n) is 8.04. The summed E-state index contributed by atoms with van der Waals surface area (Å²) in [4.78, 5) is 7.29. The summed E-state index contributed by atoms with van der Waals surface area (Å²) in [7, 11) is 3.67. The predicted molar refractivity (Wildman–Crippen MR) is 126 cm³/mol. The number of aliphatic imine (C=N–C) groups is 1. The fraction of sp³-hybridized carbons (Fsp3) is 0.571. The van der Waals surface area contributed by atoms with E-state index in [4.69, 9.17) is 14.5 Å². The van der Waals surface area contributed by atoms with Gasteiger partial charge in [0.2, 0.25) is 0 Å². The summed E-state index contributed by atoms with van der Waals surface area (Å²) in [6.45, 7) is 6.88. The summed E-state index contributed by atoms with van der Waals surface area (Å²) < 4.78 is 12.9. The molecule has 2 aromatic rings. The second kappa shape index (κ2) is 9.95. The fourth-order valence-corrected chi connectivity index (χ4v) is 4.02. The third kappa shape index (κ3) is 5.05. The first-order valence-electron chi connectivity index (χ1n) is 10.2. The summed E-state index contributed by atoms with van der Waals surface area (Å²) in [5.41, 5.74) is 1.43. The summed E-state index contributed by atoms with van der Waals surface area (Å²) in [5.74, 6) is 3.58. The van der Waals surface area contributed by atoms with Crippen LogP contribution in [0.1, 0.15) is 30.1 Å². The number of aryl methyl sites for hydroxylation is 1. The van der Waals surface area contributed by atoms with E-state index in [2.05, 4.69) is 32.5 Å². The molecule has 2 aliphatic rings. The van der Waals surface area contributed by atoms with Crippen molar-refractivity contribution in [3.63, 3.8) is 0 Å². The highest BCUT2D eigenvalue weighted by Crippen LogP contribution is 2.38. The normalized spacial score (nSPS) is 21.2. The van der Waals surface area contributed by atoms with E-state index in [1.807, 2.05) is 30.7 Å². The van der Waals surface area contributed by atoms with Gasteiger partial charge in [-0.15, -0.1) is 34.2 Å². The molecule has 0 amide bonds. The molecule has 0 radical (unpaired) electrons. The topological polar surface area (TPSA) is 76.8 Å². The fourth-order valence-electron chi connectivity index (χ4n) is 4.02. The van der Waals surface area contributed by atoms with Crippen LogP contribution >= 0.6 is 24.0 Å². The lowest BCUT2D eigenvalue weighted by Crippen LogP contribution is -2.41. The number of guanidine groups is 1. The number of hydrogen-bond acceptors (Lipinski definition) is 5. The summed E-state index contributed by atoms with van der Waals surface area (Å²) in [5, 5.41) is 11.9. The molecule has 2 saturated heterocycles. The van der Waals surface area contributed by atoms with Gasteiger partial charge in [0.1, 0.15) is 11.6 Å². The second-order valence-corrected chi connectivity index (χ2v) is 8.04. The quantitative estimate of drug-likeness (QED) is 0.367. The Morgan fingerprint density at radius 3 is 2.70 bits per heavy atom. The van der Waals surface area contributed by atoms with Crippen LogP contribution < -0.4 is 10.1 Å². The Hall–Kier alpha value is -1.88. The zero-order chi connectivity index (χ0) is 20.3. The lowest BCUT2D eigenvalue weighted by atomic mass is 9.87. The zero-order valence-corrected chi connectivity index (χ0v) is 20.3. The lowest BCUT2D eigenvalue weighted by Gasteiger charge is -2.25. The number of halogens is 1. The predicted octanol–water partition coefficient (Wildman–Crippen LogP) is 2.51. The minimum Gasteiger partial charge on any atom is -0.497 e. The number of aromatic nitrogens is 3. The molecule has 1 spiro atoms. The van der Waals surface area contributed by atoms with Crippen molar-refractivity contribution in [2.45, 2.75) is 32.9 Å². The number of methoxy groups -OCH3 is 1. The first kappa shape index (κ1) is 22.8. The molecule has 0 saturated carbocycles. The smallest absolute Gasteiger partial charge is 0.194 e. The number of hydrogen-bond donors (Lipinski definition) is 1. The van der Waals surface area contributed by atoms with E-state index in [9.17, 15) is 0 Å². The zero-order valence-electron chi connectivity index (χ0n) is 17.9. The maximum Gasteiger partial charge on any atom is 0.194 e. The summed E-state index contributed by atoms with van der Waals surface area (Å²) in [6.07, 6.45) is 2.29. The lowest BCUT2D eigenvalue weighted by molar-refractivity contribution is 0.156. The van der Waals surface area contributed by atoms with E-state index in [0.717, 1.165) is 68.1 Å². The molecule has 1 aromatic carbocycles. The Balaban J connectivity index is 0.00000256. The molecule has 8 nitrogen and oxygen atoms in total. The van der Waals surface area contributed by atoms with Crippen LogP contribution in [-0.4, -0.2) is 59.0 Å². The summed E-state index contributed by atoms with van der Waals surface area (Å²) in [6, 6.07) is 8.06. The molecule has 164 valence electrons. The molecule has 2 fully saturated rings. The largest absolute Gasteiger partial charge is 0.497 e. The number of benzene rings is 1. The maximum absolute atomic E-state index is 5.69. The molecule has 1 aromatic heterocycles. The van der Waals surface area contributed by atoms with Gasteiger partial charge in [0.25, 0.3) is 0 Å². The van der Waals surface area contributed by atoms with Crippen LogP contribution in [0.5, 0.6) is 5.75 Å². The van der Waals surface area contributed by atoms with Crippen LogP contribution in [0.2, 0.25) is 0 Å². The highest BCUT2D eigenvalue weighted by atomic mass is 127. The third-order valence-corrected chi connectivity index (χ3v) is 6.08. The molecule has 1 N–H and O–H groups in total. The van der Waals surface area contributed by atoms with Crippen LogP contribution in [0, 0.1) is 12.3 Å². The highest BCUT2D eigenvalue weighted by Gasteiger charge is 2.42. The van der Waals surface area contributed by atoms with Gasteiger partial charge in [-0.3, -0.25) is 0 Å². The average molecular weight is 526 g/mol.